The number of nitrogens with two attached hydrogens (primary N) is 1. The molecule has 7 nitrogen and oxygen atoms in total. The van der Waals surface area contributed by atoms with Crippen molar-refractivity contribution in [2.45, 2.75) is 58.4 Å². The quantitative estimate of drug-likeness (QED) is 0.597. The van der Waals surface area contributed by atoms with Gasteiger partial charge in [0.2, 0.25) is 17.7 Å². The van der Waals surface area contributed by atoms with Crippen LogP contribution in [0, 0.1) is 17.3 Å². The smallest absolute Gasteiger partial charge is 0.240 e. The molecule has 7 heteroatoms. The molecule has 2 saturated heterocycles. The van der Waals surface area contributed by atoms with Crippen LogP contribution in [-0.4, -0.2) is 43.5 Å². The third kappa shape index (κ3) is 5.17. The Kier molecular flexibility index (Phi) is 6.81. The first kappa shape index (κ1) is 19.7. The molecule has 0 bridgehead atoms. The first-order chi connectivity index (χ1) is 11.9. The highest BCUT2D eigenvalue weighted by Crippen LogP contribution is 2.40. The highest BCUT2D eigenvalue weighted by Gasteiger charge is 2.36. The second kappa shape index (κ2) is 8.65. The molecular weight excluding hydrogens is 322 g/mol. The zero-order valence-electron chi connectivity index (χ0n) is 15.3. The molecule has 0 aliphatic carbocycles. The molecule has 142 valence electrons. The number of primary amides is 1. The van der Waals surface area contributed by atoms with E-state index in [-0.39, 0.29) is 35.5 Å². The molecule has 1 unspecified atom stereocenters. The van der Waals surface area contributed by atoms with Crippen LogP contribution in [0.2, 0.25) is 0 Å². The van der Waals surface area contributed by atoms with Crippen LogP contribution in [0.5, 0.6) is 0 Å². The fourth-order valence-corrected chi connectivity index (χ4v) is 3.96. The molecule has 2 fully saturated rings. The van der Waals surface area contributed by atoms with Gasteiger partial charge in [-0.1, -0.05) is 20.3 Å². The van der Waals surface area contributed by atoms with E-state index < -0.39 is 11.9 Å². The summed E-state index contributed by atoms with van der Waals surface area (Å²) in [6.07, 6.45) is 4.65. The number of hydrogen-bond donors (Lipinski definition) is 3. The van der Waals surface area contributed by atoms with E-state index in [0.29, 0.717) is 13.0 Å². The molecule has 0 radical (unpaired) electrons. The summed E-state index contributed by atoms with van der Waals surface area (Å²) in [7, 11) is 0. The maximum absolute atomic E-state index is 12.6. The van der Waals surface area contributed by atoms with Gasteiger partial charge >= 0.3 is 0 Å². The molecule has 0 aromatic heterocycles. The average molecular weight is 353 g/mol. The second-order valence-electron chi connectivity index (χ2n) is 7.55. The summed E-state index contributed by atoms with van der Waals surface area (Å²) < 4.78 is 5.45. The third-order valence-corrected chi connectivity index (χ3v) is 5.83. The van der Waals surface area contributed by atoms with E-state index in [4.69, 9.17) is 10.5 Å². The molecule has 0 saturated carbocycles. The standard InChI is InChI=1S/C18H31N3O4/c1-3-18(5-8-25-9-6-18)11-12(2)16(23)21-14(15(19)22)10-13-4-7-20-17(13)24/h12-14H,3-11H2,1-2H3,(H2,19,22)(H,20,24)(H,21,23)/t12?,13-,14-/m0/s1. The molecule has 2 aliphatic rings. The Labute approximate surface area is 149 Å². The van der Waals surface area contributed by atoms with Crippen molar-refractivity contribution in [1.29, 1.82) is 0 Å². The van der Waals surface area contributed by atoms with Gasteiger partial charge < -0.3 is 21.1 Å². The lowest BCUT2D eigenvalue weighted by Crippen LogP contribution is -2.48. The molecule has 0 spiro atoms. The van der Waals surface area contributed by atoms with Crippen LogP contribution in [0.25, 0.3) is 0 Å². The predicted octanol–water partition coefficient (Wildman–Crippen LogP) is 0.716. The number of amides is 3. The van der Waals surface area contributed by atoms with Crippen LogP contribution in [0.3, 0.4) is 0 Å². The van der Waals surface area contributed by atoms with Gasteiger partial charge in [-0.2, -0.15) is 0 Å². The van der Waals surface area contributed by atoms with Gasteiger partial charge in [0.1, 0.15) is 6.04 Å². The zero-order chi connectivity index (χ0) is 18.4. The average Bonchev–Trinajstić information content (AvgIpc) is 2.99. The number of nitrogens with one attached hydrogen (secondary N) is 2. The lowest BCUT2D eigenvalue weighted by atomic mass is 9.72. The van der Waals surface area contributed by atoms with Crippen molar-refractivity contribution in [3.05, 3.63) is 0 Å². The van der Waals surface area contributed by atoms with E-state index in [1.807, 2.05) is 6.92 Å². The summed E-state index contributed by atoms with van der Waals surface area (Å²) in [6, 6.07) is -0.795. The van der Waals surface area contributed by atoms with E-state index in [1.165, 1.54) is 0 Å². The van der Waals surface area contributed by atoms with Crippen molar-refractivity contribution in [1.82, 2.24) is 10.6 Å². The Bertz CT molecular complexity index is 503. The molecule has 3 amide bonds. The number of hydrogen-bond acceptors (Lipinski definition) is 4. The second-order valence-corrected chi connectivity index (χ2v) is 7.55. The lowest BCUT2D eigenvalue weighted by molar-refractivity contribution is -0.132. The molecule has 4 N–H and O–H groups in total. The molecule has 3 atom stereocenters. The number of ether oxygens (including phenoxy) is 1. The van der Waals surface area contributed by atoms with Crippen molar-refractivity contribution < 1.29 is 19.1 Å². The van der Waals surface area contributed by atoms with Crippen LogP contribution in [0.15, 0.2) is 0 Å². The van der Waals surface area contributed by atoms with Crippen molar-refractivity contribution in [3.63, 3.8) is 0 Å². The van der Waals surface area contributed by atoms with Crippen LogP contribution >= 0.6 is 0 Å². The maximum Gasteiger partial charge on any atom is 0.240 e. The number of carbonyl (C=O) groups excluding carboxylic acids is 3. The van der Waals surface area contributed by atoms with Crippen LogP contribution in [0.1, 0.15) is 52.4 Å². The molecule has 0 aromatic carbocycles. The van der Waals surface area contributed by atoms with E-state index in [1.54, 1.807) is 0 Å². The summed E-state index contributed by atoms with van der Waals surface area (Å²) in [4.78, 5) is 36.0. The van der Waals surface area contributed by atoms with Crippen molar-refractivity contribution >= 4 is 17.7 Å². The highest BCUT2D eigenvalue weighted by atomic mass is 16.5. The van der Waals surface area contributed by atoms with Gasteiger partial charge in [-0.15, -0.1) is 0 Å². The lowest BCUT2D eigenvalue weighted by Gasteiger charge is -2.38. The minimum absolute atomic E-state index is 0.0688. The summed E-state index contributed by atoms with van der Waals surface area (Å²) in [5.41, 5.74) is 5.57. The topological polar surface area (TPSA) is 111 Å². The minimum Gasteiger partial charge on any atom is -0.381 e. The normalized spacial score (nSPS) is 25.0. The molecule has 25 heavy (non-hydrogen) atoms. The van der Waals surface area contributed by atoms with Crippen molar-refractivity contribution in [2.75, 3.05) is 19.8 Å². The molecule has 0 aromatic rings. The Balaban J connectivity index is 1.92. The van der Waals surface area contributed by atoms with Gasteiger partial charge in [-0.05, 0) is 37.5 Å². The monoisotopic (exact) mass is 353 g/mol. The van der Waals surface area contributed by atoms with Crippen LogP contribution in [0.4, 0.5) is 0 Å². The number of carbonyl (C=O) groups is 3. The first-order valence-corrected chi connectivity index (χ1v) is 9.32. The fourth-order valence-electron chi connectivity index (χ4n) is 3.96. The zero-order valence-corrected chi connectivity index (χ0v) is 15.3. The summed E-state index contributed by atoms with van der Waals surface area (Å²) >= 11 is 0. The van der Waals surface area contributed by atoms with E-state index >= 15 is 0 Å². The Morgan fingerprint density at radius 2 is 2.08 bits per heavy atom. The van der Waals surface area contributed by atoms with Gasteiger partial charge in [0.05, 0.1) is 0 Å². The predicted molar refractivity (Wildman–Crippen MR) is 93.4 cm³/mol. The molecular formula is C18H31N3O4. The van der Waals surface area contributed by atoms with E-state index in [2.05, 4.69) is 17.6 Å². The number of rotatable bonds is 8. The van der Waals surface area contributed by atoms with Gasteiger partial charge in [-0.25, -0.2) is 0 Å². The Morgan fingerprint density at radius 1 is 1.40 bits per heavy atom. The fraction of sp³-hybridized carbons (Fsp3) is 0.833. The molecule has 2 rings (SSSR count). The van der Waals surface area contributed by atoms with Gasteiger partial charge in [0.15, 0.2) is 0 Å². The van der Waals surface area contributed by atoms with E-state index in [9.17, 15) is 14.4 Å². The Hall–Kier alpha value is -1.63. The van der Waals surface area contributed by atoms with Crippen molar-refractivity contribution in [3.8, 4) is 0 Å². The molecule has 2 aliphatic heterocycles. The third-order valence-electron chi connectivity index (χ3n) is 5.83. The van der Waals surface area contributed by atoms with E-state index in [0.717, 1.165) is 38.9 Å². The van der Waals surface area contributed by atoms with Gasteiger partial charge in [-0.3, -0.25) is 14.4 Å². The summed E-state index contributed by atoms with van der Waals surface area (Å²) in [5.74, 6) is -1.29. The Morgan fingerprint density at radius 3 is 2.60 bits per heavy atom. The summed E-state index contributed by atoms with van der Waals surface area (Å²) in [5, 5.41) is 5.51. The minimum atomic E-state index is -0.795. The van der Waals surface area contributed by atoms with Crippen LogP contribution in [-0.2, 0) is 19.1 Å². The van der Waals surface area contributed by atoms with Gasteiger partial charge in [0, 0.05) is 31.6 Å². The molecule has 2 heterocycles. The SMILES string of the molecule is CCC1(CC(C)C(=O)N[C@@H](C[C@@H]2CCNC2=O)C(N)=O)CCOCC1. The summed E-state index contributed by atoms with van der Waals surface area (Å²) in [6.45, 7) is 6.13. The highest BCUT2D eigenvalue weighted by molar-refractivity contribution is 5.88. The van der Waals surface area contributed by atoms with Gasteiger partial charge in [0.25, 0.3) is 0 Å². The van der Waals surface area contributed by atoms with Crippen LogP contribution < -0.4 is 16.4 Å². The van der Waals surface area contributed by atoms with Crippen molar-refractivity contribution in [2.24, 2.45) is 23.0 Å². The largest absolute Gasteiger partial charge is 0.381 e. The maximum atomic E-state index is 12.6. The first-order valence-electron chi connectivity index (χ1n) is 9.32.